The highest BCUT2D eigenvalue weighted by molar-refractivity contribution is 5.91. The Kier molecular flexibility index (Phi) is 4.62. The molecule has 0 aliphatic heterocycles. The van der Waals surface area contributed by atoms with Crippen molar-refractivity contribution in [3.05, 3.63) is 52.3 Å². The van der Waals surface area contributed by atoms with Gasteiger partial charge in [-0.25, -0.2) is 4.98 Å². The average molecular weight is 327 g/mol. The number of hydrogen-bond acceptors (Lipinski definition) is 6. The van der Waals surface area contributed by atoms with E-state index in [9.17, 15) is 9.59 Å². The third-order valence-corrected chi connectivity index (χ3v) is 3.44. The number of rotatable bonds is 6. The summed E-state index contributed by atoms with van der Waals surface area (Å²) in [7, 11) is 0. The van der Waals surface area contributed by atoms with Gasteiger partial charge in [0, 0.05) is 19.5 Å². The number of carbonyl (C=O) groups is 1. The first-order chi connectivity index (χ1) is 11.7. The summed E-state index contributed by atoms with van der Waals surface area (Å²) in [4.78, 5) is 31.1. The molecule has 2 aromatic heterocycles. The number of H-pyrrole nitrogens is 1. The first-order valence-corrected chi connectivity index (χ1v) is 7.53. The molecule has 0 unspecified atom stereocenters. The fraction of sp³-hybridized carbons (Fsp3) is 0.267. The van der Waals surface area contributed by atoms with E-state index in [2.05, 4.69) is 25.6 Å². The van der Waals surface area contributed by atoms with Crippen LogP contribution in [0.25, 0.3) is 10.9 Å². The zero-order valence-corrected chi connectivity index (χ0v) is 12.9. The van der Waals surface area contributed by atoms with Crippen molar-refractivity contribution < 1.29 is 4.79 Å². The van der Waals surface area contributed by atoms with Crippen LogP contribution < -0.4 is 16.6 Å². The molecule has 24 heavy (non-hydrogen) atoms. The number of aromatic nitrogens is 5. The number of hydrogen-bond donors (Lipinski definition) is 3. The average Bonchev–Trinajstić information content (AvgIpc) is 3.04. The molecule has 0 aliphatic rings. The summed E-state index contributed by atoms with van der Waals surface area (Å²) in [6, 6.07) is 7.11. The maximum Gasteiger partial charge on any atom is 0.273 e. The molecule has 1 amide bonds. The topological polar surface area (TPSA) is 132 Å². The number of nitrogens with one attached hydrogen (secondary N) is 2. The zero-order valence-electron chi connectivity index (χ0n) is 12.9. The number of nitrogens with zero attached hydrogens (tertiary/aromatic N) is 4. The third-order valence-electron chi connectivity index (χ3n) is 3.44. The third kappa shape index (κ3) is 3.46. The Labute approximate surface area is 136 Å². The molecule has 9 heteroatoms. The van der Waals surface area contributed by atoms with Crippen LogP contribution in [0.5, 0.6) is 0 Å². The van der Waals surface area contributed by atoms with Gasteiger partial charge >= 0.3 is 0 Å². The van der Waals surface area contributed by atoms with Crippen LogP contribution in [0, 0.1) is 0 Å². The first-order valence-electron chi connectivity index (χ1n) is 7.53. The van der Waals surface area contributed by atoms with Crippen LogP contribution in [0.2, 0.25) is 0 Å². The summed E-state index contributed by atoms with van der Waals surface area (Å²) in [5.41, 5.74) is 6.09. The number of benzene rings is 1. The smallest absolute Gasteiger partial charge is 0.273 e. The molecule has 2 heterocycles. The van der Waals surface area contributed by atoms with Crippen molar-refractivity contribution in [3.63, 3.8) is 0 Å². The Morgan fingerprint density at radius 3 is 3.00 bits per heavy atom. The molecule has 0 aliphatic carbocycles. The number of nitrogens with two attached hydrogens (primary N) is 1. The fourth-order valence-corrected chi connectivity index (χ4v) is 2.28. The second-order valence-electron chi connectivity index (χ2n) is 5.19. The van der Waals surface area contributed by atoms with E-state index in [4.69, 9.17) is 5.73 Å². The van der Waals surface area contributed by atoms with Gasteiger partial charge in [-0.15, -0.1) is 5.10 Å². The van der Waals surface area contributed by atoms with E-state index in [1.54, 1.807) is 24.4 Å². The standard InChI is InChI=1S/C15H17N7O2/c16-6-8-22-9-12(20-21-22)15(24)17-7-5-13-18-11-4-2-1-3-10(11)14(23)19-13/h1-4,9H,5-8,16H2,(H,17,24)(H,18,19,23). The van der Waals surface area contributed by atoms with E-state index in [1.165, 1.54) is 4.68 Å². The molecule has 0 spiro atoms. The van der Waals surface area contributed by atoms with E-state index < -0.39 is 0 Å². The molecule has 0 fully saturated rings. The maximum atomic E-state index is 12.0. The lowest BCUT2D eigenvalue weighted by Crippen LogP contribution is -2.27. The Morgan fingerprint density at radius 1 is 1.33 bits per heavy atom. The molecule has 3 aromatic rings. The summed E-state index contributed by atoms with van der Waals surface area (Å²) < 4.78 is 1.51. The van der Waals surface area contributed by atoms with E-state index in [1.807, 2.05) is 6.07 Å². The van der Waals surface area contributed by atoms with Crippen molar-refractivity contribution in [2.24, 2.45) is 5.73 Å². The van der Waals surface area contributed by atoms with Gasteiger partial charge in [0.1, 0.15) is 5.82 Å². The number of carbonyl (C=O) groups excluding carboxylic acids is 1. The van der Waals surface area contributed by atoms with Gasteiger partial charge in [0.2, 0.25) is 0 Å². The van der Waals surface area contributed by atoms with Crippen molar-refractivity contribution in [2.75, 3.05) is 13.1 Å². The molecule has 0 radical (unpaired) electrons. The molecular weight excluding hydrogens is 310 g/mol. The maximum absolute atomic E-state index is 12.0. The summed E-state index contributed by atoms with van der Waals surface area (Å²) in [6.07, 6.45) is 1.95. The number of amides is 1. The van der Waals surface area contributed by atoms with Crippen molar-refractivity contribution >= 4 is 16.8 Å². The molecule has 124 valence electrons. The van der Waals surface area contributed by atoms with Gasteiger partial charge < -0.3 is 16.0 Å². The van der Waals surface area contributed by atoms with Crippen LogP contribution in [0.15, 0.2) is 35.3 Å². The van der Waals surface area contributed by atoms with Crippen LogP contribution in [-0.2, 0) is 13.0 Å². The van der Waals surface area contributed by atoms with Crippen molar-refractivity contribution in [3.8, 4) is 0 Å². The van der Waals surface area contributed by atoms with Crippen LogP contribution in [-0.4, -0.2) is 44.0 Å². The predicted molar refractivity (Wildman–Crippen MR) is 87.5 cm³/mol. The Bertz CT molecular complexity index is 915. The second kappa shape index (κ2) is 7.01. The molecule has 0 saturated heterocycles. The predicted octanol–water partition coefficient (Wildman–Crippen LogP) is -0.554. The lowest BCUT2D eigenvalue weighted by atomic mass is 10.2. The zero-order chi connectivity index (χ0) is 16.9. The summed E-state index contributed by atoms with van der Waals surface area (Å²) in [6.45, 7) is 1.25. The van der Waals surface area contributed by atoms with Gasteiger partial charge in [0.05, 0.1) is 23.6 Å². The molecule has 0 saturated carbocycles. The fourth-order valence-electron chi connectivity index (χ4n) is 2.28. The van der Waals surface area contributed by atoms with Gasteiger partial charge in [-0.05, 0) is 12.1 Å². The van der Waals surface area contributed by atoms with Crippen molar-refractivity contribution in [2.45, 2.75) is 13.0 Å². The number of aromatic amines is 1. The van der Waals surface area contributed by atoms with E-state index in [-0.39, 0.29) is 17.2 Å². The minimum Gasteiger partial charge on any atom is -0.350 e. The largest absolute Gasteiger partial charge is 0.350 e. The Balaban J connectivity index is 1.61. The highest BCUT2D eigenvalue weighted by Gasteiger charge is 2.10. The monoisotopic (exact) mass is 327 g/mol. The highest BCUT2D eigenvalue weighted by atomic mass is 16.2. The quantitative estimate of drug-likeness (QED) is 0.556. The summed E-state index contributed by atoms with van der Waals surface area (Å²) in [5, 5.41) is 10.9. The molecule has 0 bridgehead atoms. The Hall–Kier alpha value is -3.07. The Morgan fingerprint density at radius 2 is 2.17 bits per heavy atom. The molecule has 1 aromatic carbocycles. The van der Waals surface area contributed by atoms with Crippen LogP contribution >= 0.6 is 0 Å². The van der Waals surface area contributed by atoms with Crippen LogP contribution in [0.3, 0.4) is 0 Å². The molecule has 0 atom stereocenters. The van der Waals surface area contributed by atoms with E-state index >= 15 is 0 Å². The van der Waals surface area contributed by atoms with Crippen molar-refractivity contribution in [1.29, 1.82) is 0 Å². The van der Waals surface area contributed by atoms with Gasteiger partial charge in [-0.2, -0.15) is 0 Å². The van der Waals surface area contributed by atoms with E-state index in [0.29, 0.717) is 42.8 Å². The second-order valence-corrected chi connectivity index (χ2v) is 5.19. The molecule has 4 N–H and O–H groups in total. The van der Waals surface area contributed by atoms with Gasteiger partial charge in [0.15, 0.2) is 5.69 Å². The van der Waals surface area contributed by atoms with Crippen molar-refractivity contribution in [1.82, 2.24) is 30.3 Å². The van der Waals surface area contributed by atoms with Crippen LogP contribution in [0.1, 0.15) is 16.3 Å². The molecule has 3 rings (SSSR count). The lowest BCUT2D eigenvalue weighted by Gasteiger charge is -2.04. The molecule has 9 nitrogen and oxygen atoms in total. The van der Waals surface area contributed by atoms with Gasteiger partial charge in [-0.3, -0.25) is 14.3 Å². The number of fused-ring (bicyclic) bond motifs is 1. The summed E-state index contributed by atoms with van der Waals surface area (Å²) in [5.74, 6) is 0.187. The minimum atomic E-state index is -0.332. The normalized spacial score (nSPS) is 10.9. The SMILES string of the molecule is NCCn1cc(C(=O)NCCc2nc3ccccc3c(=O)[nH]2)nn1. The van der Waals surface area contributed by atoms with Gasteiger partial charge in [0.25, 0.3) is 11.5 Å². The lowest BCUT2D eigenvalue weighted by molar-refractivity contribution is 0.0949. The van der Waals surface area contributed by atoms with Gasteiger partial charge in [-0.1, -0.05) is 17.3 Å². The summed E-state index contributed by atoms with van der Waals surface area (Å²) >= 11 is 0. The number of para-hydroxylation sites is 1. The first kappa shape index (κ1) is 15.8. The van der Waals surface area contributed by atoms with Crippen LogP contribution in [0.4, 0.5) is 0 Å². The highest BCUT2D eigenvalue weighted by Crippen LogP contribution is 2.05. The minimum absolute atomic E-state index is 0.188. The molecular formula is C15H17N7O2. The van der Waals surface area contributed by atoms with E-state index in [0.717, 1.165) is 0 Å².